The van der Waals surface area contributed by atoms with Crippen LogP contribution in [-0.4, -0.2) is 46.3 Å². The van der Waals surface area contributed by atoms with E-state index in [1.807, 2.05) is 13.1 Å². The first-order chi connectivity index (χ1) is 10.1. The van der Waals surface area contributed by atoms with Gasteiger partial charge in [0.15, 0.2) is 11.5 Å². The highest BCUT2D eigenvalue weighted by Crippen LogP contribution is 2.44. The van der Waals surface area contributed by atoms with E-state index in [-0.39, 0.29) is 0 Å². The number of piperidine rings is 1. The van der Waals surface area contributed by atoms with Gasteiger partial charge in [-0.05, 0) is 57.6 Å². The summed E-state index contributed by atoms with van der Waals surface area (Å²) in [6.07, 6.45) is 2.44. The van der Waals surface area contributed by atoms with Crippen LogP contribution in [0, 0.1) is 5.92 Å². The van der Waals surface area contributed by atoms with E-state index in [0.717, 1.165) is 18.7 Å². The zero-order valence-electron chi connectivity index (χ0n) is 13.3. The lowest BCUT2D eigenvalue weighted by Gasteiger charge is -2.40. The van der Waals surface area contributed by atoms with E-state index in [1.54, 1.807) is 14.2 Å². The van der Waals surface area contributed by atoms with Gasteiger partial charge in [0.05, 0.1) is 19.2 Å². The van der Waals surface area contributed by atoms with Crippen molar-refractivity contribution in [3.63, 3.8) is 0 Å². The number of hydrogen-bond acceptors (Lipinski definition) is 4. The van der Waals surface area contributed by atoms with Gasteiger partial charge in [0.25, 0.3) is 0 Å². The molecule has 0 aromatic heterocycles. The molecular weight excluding hydrogens is 288 g/mol. The number of hydrogen-bond donors (Lipinski definition) is 1. The fourth-order valence-corrected chi connectivity index (χ4v) is 3.70. The molecule has 1 saturated heterocycles. The van der Waals surface area contributed by atoms with Crippen LogP contribution in [0.15, 0.2) is 12.1 Å². The topological polar surface area (TPSA) is 33.7 Å². The number of nitrogens with one attached hydrogen (secondary N) is 1. The second-order valence-electron chi connectivity index (χ2n) is 5.59. The first-order valence-corrected chi connectivity index (χ1v) is 7.77. The van der Waals surface area contributed by atoms with Gasteiger partial charge in [0, 0.05) is 6.04 Å². The summed E-state index contributed by atoms with van der Waals surface area (Å²) in [4.78, 5) is 2.39. The Morgan fingerprint density at radius 1 is 1.33 bits per heavy atom. The zero-order chi connectivity index (χ0) is 15.4. The molecule has 118 valence electrons. The zero-order valence-corrected chi connectivity index (χ0v) is 14.0. The van der Waals surface area contributed by atoms with Gasteiger partial charge in [0.1, 0.15) is 0 Å². The summed E-state index contributed by atoms with van der Waals surface area (Å²) in [7, 11) is 7.43. The molecule has 0 radical (unpaired) electrons. The van der Waals surface area contributed by atoms with Crippen molar-refractivity contribution in [1.29, 1.82) is 0 Å². The lowest BCUT2D eigenvalue weighted by Crippen LogP contribution is -2.40. The van der Waals surface area contributed by atoms with E-state index in [2.05, 4.69) is 23.3 Å². The third kappa shape index (κ3) is 3.28. The van der Waals surface area contributed by atoms with Gasteiger partial charge in [0.2, 0.25) is 0 Å². The minimum Gasteiger partial charge on any atom is -0.493 e. The molecule has 1 heterocycles. The third-order valence-corrected chi connectivity index (χ3v) is 4.70. The minimum absolute atomic E-state index is 0.304. The van der Waals surface area contributed by atoms with Gasteiger partial charge < -0.3 is 14.8 Å². The van der Waals surface area contributed by atoms with Gasteiger partial charge >= 0.3 is 0 Å². The summed E-state index contributed by atoms with van der Waals surface area (Å²) in [5.41, 5.74) is 1.12. The van der Waals surface area contributed by atoms with E-state index < -0.39 is 0 Å². The van der Waals surface area contributed by atoms with Crippen molar-refractivity contribution in [3.05, 3.63) is 22.7 Å². The van der Waals surface area contributed by atoms with Crippen molar-refractivity contribution in [2.24, 2.45) is 5.92 Å². The Labute approximate surface area is 132 Å². The first-order valence-electron chi connectivity index (χ1n) is 7.39. The highest BCUT2D eigenvalue weighted by molar-refractivity contribution is 6.33. The number of halogens is 1. The molecule has 0 spiro atoms. The maximum absolute atomic E-state index is 6.60. The summed E-state index contributed by atoms with van der Waals surface area (Å²) in [5.74, 6) is 1.85. The van der Waals surface area contributed by atoms with E-state index >= 15 is 0 Å². The van der Waals surface area contributed by atoms with Gasteiger partial charge in [-0.25, -0.2) is 0 Å². The predicted molar refractivity (Wildman–Crippen MR) is 86.6 cm³/mol. The number of likely N-dealkylation sites (tertiary alicyclic amines) is 1. The summed E-state index contributed by atoms with van der Waals surface area (Å²) in [6.45, 7) is 2.08. The molecule has 1 N–H and O–H groups in total. The third-order valence-electron chi connectivity index (χ3n) is 4.31. The number of nitrogens with zero attached hydrogens (tertiary/aromatic N) is 1. The Bertz CT molecular complexity index is 480. The second-order valence-corrected chi connectivity index (χ2v) is 5.97. The van der Waals surface area contributed by atoms with Gasteiger partial charge in [-0.3, -0.25) is 4.90 Å². The lowest BCUT2D eigenvalue weighted by molar-refractivity contribution is 0.120. The largest absolute Gasteiger partial charge is 0.493 e. The summed E-state index contributed by atoms with van der Waals surface area (Å²) in [5, 5.41) is 3.97. The number of benzene rings is 1. The van der Waals surface area contributed by atoms with Crippen LogP contribution in [0.2, 0.25) is 5.02 Å². The quantitative estimate of drug-likeness (QED) is 0.906. The molecule has 1 aromatic rings. The molecule has 0 amide bonds. The molecule has 2 atom stereocenters. The minimum atomic E-state index is 0.304. The predicted octanol–water partition coefficient (Wildman–Crippen LogP) is 2.96. The summed E-state index contributed by atoms with van der Waals surface area (Å²) in [6, 6.07) is 4.32. The molecule has 2 rings (SSSR count). The van der Waals surface area contributed by atoms with Crippen LogP contribution in [0.25, 0.3) is 0 Å². The van der Waals surface area contributed by atoms with Crippen LogP contribution in [0.1, 0.15) is 24.4 Å². The van der Waals surface area contributed by atoms with Crippen molar-refractivity contribution in [2.45, 2.75) is 18.9 Å². The lowest BCUT2D eigenvalue weighted by atomic mass is 9.84. The molecule has 5 heteroatoms. The number of rotatable bonds is 5. The SMILES string of the molecule is CNCC1CCCN(C)C1c1ccc(OC)c(OC)c1Cl. The molecule has 1 fully saturated rings. The molecule has 1 aliphatic rings. The molecule has 0 aliphatic carbocycles. The van der Waals surface area contributed by atoms with E-state index in [9.17, 15) is 0 Å². The monoisotopic (exact) mass is 312 g/mol. The highest BCUT2D eigenvalue weighted by atomic mass is 35.5. The van der Waals surface area contributed by atoms with E-state index in [4.69, 9.17) is 21.1 Å². The molecule has 1 aliphatic heterocycles. The maximum Gasteiger partial charge on any atom is 0.179 e. The smallest absolute Gasteiger partial charge is 0.179 e. The molecule has 0 saturated carbocycles. The van der Waals surface area contributed by atoms with Crippen molar-refractivity contribution in [3.8, 4) is 11.5 Å². The standard InChI is InChI=1S/C16H25ClN2O2/c1-18-10-11-6-5-9-19(2)15(11)12-7-8-13(20-3)16(21-4)14(12)17/h7-8,11,15,18H,5-6,9-10H2,1-4H3. The fraction of sp³-hybridized carbons (Fsp3) is 0.625. The molecule has 1 aromatic carbocycles. The van der Waals surface area contributed by atoms with Crippen molar-refractivity contribution in [2.75, 3.05) is 41.4 Å². The van der Waals surface area contributed by atoms with Crippen molar-refractivity contribution >= 4 is 11.6 Å². The molecular formula is C16H25ClN2O2. The average molecular weight is 313 g/mol. The van der Waals surface area contributed by atoms with Crippen LogP contribution >= 0.6 is 11.6 Å². The normalized spacial score (nSPS) is 23.1. The molecule has 2 unspecified atom stereocenters. The molecule has 21 heavy (non-hydrogen) atoms. The number of ether oxygens (including phenoxy) is 2. The van der Waals surface area contributed by atoms with E-state index in [0.29, 0.717) is 28.5 Å². The Hall–Kier alpha value is -0.970. The Morgan fingerprint density at radius 2 is 2.10 bits per heavy atom. The van der Waals surface area contributed by atoms with Crippen LogP contribution in [0.3, 0.4) is 0 Å². The van der Waals surface area contributed by atoms with Crippen molar-refractivity contribution in [1.82, 2.24) is 10.2 Å². The van der Waals surface area contributed by atoms with Gasteiger partial charge in [-0.1, -0.05) is 17.7 Å². The summed E-state index contributed by atoms with van der Waals surface area (Å²) < 4.78 is 10.8. The van der Waals surface area contributed by atoms with Crippen LogP contribution in [-0.2, 0) is 0 Å². The first kappa shape index (κ1) is 16.4. The second kappa shape index (κ2) is 7.34. The summed E-state index contributed by atoms with van der Waals surface area (Å²) >= 11 is 6.60. The van der Waals surface area contributed by atoms with E-state index in [1.165, 1.54) is 12.8 Å². The molecule has 0 bridgehead atoms. The van der Waals surface area contributed by atoms with Crippen LogP contribution in [0.5, 0.6) is 11.5 Å². The Morgan fingerprint density at radius 3 is 2.71 bits per heavy atom. The van der Waals surface area contributed by atoms with Crippen LogP contribution in [0.4, 0.5) is 0 Å². The highest BCUT2D eigenvalue weighted by Gasteiger charge is 2.32. The Kier molecular flexibility index (Phi) is 5.73. The fourth-order valence-electron chi connectivity index (χ4n) is 3.36. The van der Waals surface area contributed by atoms with Gasteiger partial charge in [-0.15, -0.1) is 0 Å². The average Bonchev–Trinajstić information content (AvgIpc) is 2.48. The Balaban J connectivity index is 2.42. The van der Waals surface area contributed by atoms with Crippen molar-refractivity contribution < 1.29 is 9.47 Å². The van der Waals surface area contributed by atoms with Crippen LogP contribution < -0.4 is 14.8 Å². The maximum atomic E-state index is 6.60. The number of methoxy groups -OCH3 is 2. The molecule has 4 nitrogen and oxygen atoms in total. The van der Waals surface area contributed by atoms with Gasteiger partial charge in [-0.2, -0.15) is 0 Å².